The molecule has 0 radical (unpaired) electrons. The Morgan fingerprint density at radius 3 is 2.63 bits per heavy atom. The first kappa shape index (κ1) is 13.6. The zero-order valence-electron chi connectivity index (χ0n) is 11.7. The number of nitrogens with two attached hydrogens (primary N) is 1. The van der Waals surface area contributed by atoms with Crippen LogP contribution in [0, 0.1) is 11.8 Å². The quantitative estimate of drug-likeness (QED) is 0.826. The fourth-order valence-electron chi connectivity index (χ4n) is 2.84. The average Bonchev–Trinajstić information content (AvgIpc) is 2.37. The highest BCUT2D eigenvalue weighted by Gasteiger charge is 2.25. The molecule has 0 saturated carbocycles. The van der Waals surface area contributed by atoms with Crippen LogP contribution in [-0.4, -0.2) is 31.2 Å². The largest absolute Gasteiger partial charge is 0.465 e. The molecule has 2 atom stereocenters. The highest BCUT2D eigenvalue weighted by molar-refractivity contribution is 5.97. The molecular weight excluding hydrogens is 242 g/mol. The molecule has 1 aliphatic rings. The number of aromatic nitrogens is 1. The summed E-state index contributed by atoms with van der Waals surface area (Å²) < 4.78 is 4.74. The first-order chi connectivity index (χ1) is 9.02. The van der Waals surface area contributed by atoms with Gasteiger partial charge in [-0.15, -0.1) is 0 Å². The van der Waals surface area contributed by atoms with Gasteiger partial charge >= 0.3 is 5.97 Å². The van der Waals surface area contributed by atoms with Gasteiger partial charge in [-0.2, -0.15) is 0 Å². The molecule has 0 aliphatic carbocycles. The van der Waals surface area contributed by atoms with Crippen molar-refractivity contribution in [3.8, 4) is 0 Å². The van der Waals surface area contributed by atoms with E-state index in [1.165, 1.54) is 13.5 Å². The van der Waals surface area contributed by atoms with Crippen LogP contribution in [-0.2, 0) is 4.74 Å². The zero-order valence-corrected chi connectivity index (χ0v) is 11.7. The Kier molecular flexibility index (Phi) is 3.93. The normalized spacial score (nSPS) is 23.2. The van der Waals surface area contributed by atoms with E-state index in [9.17, 15) is 4.79 Å². The van der Waals surface area contributed by atoms with E-state index in [0.29, 0.717) is 28.9 Å². The first-order valence-corrected chi connectivity index (χ1v) is 6.60. The number of carbonyl (C=O) groups excluding carboxylic acids is 1. The van der Waals surface area contributed by atoms with Crippen molar-refractivity contribution in [3.05, 3.63) is 17.8 Å². The minimum absolute atomic E-state index is 0.387. The highest BCUT2D eigenvalue weighted by Crippen LogP contribution is 2.30. The molecule has 19 heavy (non-hydrogen) atoms. The maximum atomic E-state index is 11.6. The fourth-order valence-corrected chi connectivity index (χ4v) is 2.84. The van der Waals surface area contributed by atoms with Crippen LogP contribution in [0.25, 0.3) is 0 Å². The van der Waals surface area contributed by atoms with Gasteiger partial charge in [0.2, 0.25) is 0 Å². The number of methoxy groups -OCH3 is 1. The average molecular weight is 263 g/mol. The molecular formula is C14H21N3O2. The van der Waals surface area contributed by atoms with Gasteiger partial charge in [-0.25, -0.2) is 9.78 Å². The Bertz CT molecular complexity index is 466. The van der Waals surface area contributed by atoms with Crippen molar-refractivity contribution in [1.82, 2.24) is 4.98 Å². The molecule has 5 heteroatoms. The van der Waals surface area contributed by atoms with Crippen molar-refractivity contribution >= 4 is 17.5 Å². The van der Waals surface area contributed by atoms with Crippen molar-refractivity contribution in [3.63, 3.8) is 0 Å². The number of pyridine rings is 1. The maximum absolute atomic E-state index is 11.6. The van der Waals surface area contributed by atoms with Crippen LogP contribution in [0.5, 0.6) is 0 Å². The predicted octanol–water partition coefficient (Wildman–Crippen LogP) is 1.93. The molecule has 2 heterocycles. The number of hydrogen-bond donors (Lipinski definition) is 1. The lowest BCUT2D eigenvalue weighted by Gasteiger charge is -2.36. The lowest BCUT2D eigenvalue weighted by Crippen LogP contribution is -2.39. The molecule has 0 amide bonds. The molecule has 0 spiro atoms. The predicted molar refractivity (Wildman–Crippen MR) is 75.1 cm³/mol. The second kappa shape index (κ2) is 5.47. The van der Waals surface area contributed by atoms with E-state index in [2.05, 4.69) is 23.7 Å². The Labute approximate surface area is 113 Å². The summed E-state index contributed by atoms with van der Waals surface area (Å²) in [5.74, 6) is 1.49. The number of ether oxygens (including phenoxy) is 1. The van der Waals surface area contributed by atoms with Gasteiger partial charge in [-0.1, -0.05) is 13.8 Å². The van der Waals surface area contributed by atoms with E-state index in [0.717, 1.165) is 13.1 Å². The molecule has 1 aliphatic heterocycles. The van der Waals surface area contributed by atoms with Gasteiger partial charge in [-0.05, 0) is 24.3 Å². The second-order valence-corrected chi connectivity index (χ2v) is 5.44. The molecule has 2 unspecified atom stereocenters. The van der Waals surface area contributed by atoms with Crippen LogP contribution in [0.15, 0.2) is 12.3 Å². The smallest absolute Gasteiger partial charge is 0.340 e. The third-order valence-electron chi connectivity index (χ3n) is 3.54. The third kappa shape index (κ3) is 2.80. The van der Waals surface area contributed by atoms with Gasteiger partial charge in [0.05, 0.1) is 18.4 Å². The minimum Gasteiger partial charge on any atom is -0.465 e. The van der Waals surface area contributed by atoms with Gasteiger partial charge in [0.25, 0.3) is 0 Å². The van der Waals surface area contributed by atoms with Crippen molar-refractivity contribution in [2.75, 3.05) is 30.8 Å². The Balaban J connectivity index is 2.32. The molecule has 5 nitrogen and oxygen atoms in total. The number of hydrogen-bond acceptors (Lipinski definition) is 5. The molecule has 1 fully saturated rings. The fraction of sp³-hybridized carbons (Fsp3) is 0.571. The van der Waals surface area contributed by atoms with Gasteiger partial charge < -0.3 is 15.4 Å². The van der Waals surface area contributed by atoms with Gasteiger partial charge in [0, 0.05) is 19.3 Å². The molecule has 104 valence electrons. The Hall–Kier alpha value is -1.78. The third-order valence-corrected chi connectivity index (χ3v) is 3.54. The highest BCUT2D eigenvalue weighted by atomic mass is 16.5. The second-order valence-electron chi connectivity index (χ2n) is 5.44. The van der Waals surface area contributed by atoms with Crippen molar-refractivity contribution in [2.24, 2.45) is 11.8 Å². The maximum Gasteiger partial charge on any atom is 0.340 e. The van der Waals surface area contributed by atoms with E-state index >= 15 is 0 Å². The lowest BCUT2D eigenvalue weighted by molar-refractivity contribution is 0.0602. The minimum atomic E-state index is -0.417. The molecule has 1 saturated heterocycles. The topological polar surface area (TPSA) is 68.5 Å². The number of piperidine rings is 1. The van der Waals surface area contributed by atoms with Crippen LogP contribution >= 0.6 is 0 Å². The summed E-state index contributed by atoms with van der Waals surface area (Å²) in [5.41, 5.74) is 6.88. The summed E-state index contributed by atoms with van der Waals surface area (Å²) in [7, 11) is 1.35. The molecule has 2 N–H and O–H groups in total. The summed E-state index contributed by atoms with van der Waals surface area (Å²) in [6.07, 6.45) is 2.83. The Morgan fingerprint density at radius 2 is 2.05 bits per heavy atom. The van der Waals surface area contributed by atoms with Crippen molar-refractivity contribution in [2.45, 2.75) is 20.3 Å². The van der Waals surface area contributed by atoms with Crippen LogP contribution in [0.2, 0.25) is 0 Å². The SMILES string of the molecule is COC(=O)c1ccnc(N2CC(C)CC(C)C2)c1N. The van der Waals surface area contributed by atoms with Gasteiger partial charge in [-0.3, -0.25) is 0 Å². The molecule has 1 aromatic rings. The number of carbonyl (C=O) groups is 1. The van der Waals surface area contributed by atoms with Crippen LogP contribution < -0.4 is 10.6 Å². The summed E-state index contributed by atoms with van der Waals surface area (Å²) in [6, 6.07) is 1.60. The van der Waals surface area contributed by atoms with E-state index in [4.69, 9.17) is 10.5 Å². The molecule has 0 aromatic carbocycles. The van der Waals surface area contributed by atoms with Crippen LogP contribution in [0.3, 0.4) is 0 Å². The lowest BCUT2D eigenvalue weighted by atomic mass is 9.92. The molecule has 0 bridgehead atoms. The molecule has 2 rings (SSSR count). The molecule has 1 aromatic heterocycles. The van der Waals surface area contributed by atoms with Crippen LogP contribution in [0.4, 0.5) is 11.5 Å². The van der Waals surface area contributed by atoms with Gasteiger partial charge in [0.1, 0.15) is 0 Å². The monoisotopic (exact) mass is 263 g/mol. The van der Waals surface area contributed by atoms with Crippen molar-refractivity contribution < 1.29 is 9.53 Å². The summed E-state index contributed by atoms with van der Waals surface area (Å²) in [5, 5.41) is 0. The number of anilines is 2. The van der Waals surface area contributed by atoms with Gasteiger partial charge in [0.15, 0.2) is 5.82 Å². The number of nitrogen functional groups attached to an aromatic ring is 1. The number of nitrogens with zero attached hydrogens (tertiary/aromatic N) is 2. The summed E-state index contributed by atoms with van der Waals surface area (Å²) in [4.78, 5) is 18.2. The van der Waals surface area contributed by atoms with Crippen LogP contribution in [0.1, 0.15) is 30.6 Å². The summed E-state index contributed by atoms with van der Waals surface area (Å²) in [6.45, 7) is 6.30. The first-order valence-electron chi connectivity index (χ1n) is 6.60. The van der Waals surface area contributed by atoms with E-state index < -0.39 is 5.97 Å². The number of rotatable bonds is 2. The standard InChI is InChI=1S/C14H21N3O2/c1-9-6-10(2)8-17(7-9)13-12(15)11(4-5-16-13)14(18)19-3/h4-5,9-10H,6-8,15H2,1-3H3. The summed E-state index contributed by atoms with van der Waals surface area (Å²) >= 11 is 0. The number of esters is 1. The Morgan fingerprint density at radius 1 is 1.42 bits per heavy atom. The van der Waals surface area contributed by atoms with Crippen molar-refractivity contribution in [1.29, 1.82) is 0 Å². The zero-order chi connectivity index (χ0) is 14.0. The van der Waals surface area contributed by atoms with E-state index in [1.54, 1.807) is 12.3 Å². The van der Waals surface area contributed by atoms with E-state index in [1.807, 2.05) is 0 Å². The van der Waals surface area contributed by atoms with E-state index in [-0.39, 0.29) is 0 Å².